The average Bonchev–Trinajstić information content (AvgIpc) is 2.70. The molecule has 0 fully saturated rings. The Morgan fingerprint density at radius 1 is 1.04 bits per heavy atom. The molecule has 2 aromatic rings. The molecule has 0 aliphatic heterocycles. The van der Waals surface area contributed by atoms with Gasteiger partial charge in [-0.3, -0.25) is 20.4 Å². The Morgan fingerprint density at radius 3 is 2.52 bits per heavy atom. The van der Waals surface area contributed by atoms with Crippen molar-refractivity contribution in [2.45, 2.75) is 24.7 Å². The third-order valence-corrected chi connectivity index (χ3v) is 4.70. The number of methoxy groups -OCH3 is 1. The number of amides is 2. The summed E-state index contributed by atoms with van der Waals surface area (Å²) in [6.07, 6.45) is 1.06. The van der Waals surface area contributed by atoms with E-state index in [9.17, 15) is 9.59 Å². The Kier molecular flexibility index (Phi) is 8.51. The minimum Gasteiger partial charge on any atom is -0.493 e. The number of benzene rings is 2. The van der Waals surface area contributed by atoms with Crippen LogP contribution in [0.3, 0.4) is 0 Å². The zero-order valence-electron chi connectivity index (χ0n) is 15.5. The van der Waals surface area contributed by atoms with Crippen molar-refractivity contribution in [3.8, 4) is 11.5 Å². The van der Waals surface area contributed by atoms with Gasteiger partial charge in [-0.25, -0.2) is 0 Å². The van der Waals surface area contributed by atoms with Crippen LogP contribution >= 0.6 is 11.8 Å². The number of rotatable bonds is 9. The minimum absolute atomic E-state index is 0.227. The highest BCUT2D eigenvalue weighted by Gasteiger charge is 2.12. The summed E-state index contributed by atoms with van der Waals surface area (Å²) in [5.74, 6) is 1.23. The summed E-state index contributed by atoms with van der Waals surface area (Å²) in [6.45, 7) is 2.37. The number of hydrogen-bond donors (Lipinski definition) is 2. The molecule has 144 valence electrons. The van der Waals surface area contributed by atoms with E-state index < -0.39 is 5.91 Å². The number of ether oxygens (including phenoxy) is 2. The zero-order valence-corrected chi connectivity index (χ0v) is 16.3. The molecule has 0 spiro atoms. The van der Waals surface area contributed by atoms with Crippen LogP contribution in [0.4, 0.5) is 0 Å². The van der Waals surface area contributed by atoms with Crippen LogP contribution in [0.1, 0.15) is 30.1 Å². The second-order valence-electron chi connectivity index (χ2n) is 5.57. The van der Waals surface area contributed by atoms with E-state index in [4.69, 9.17) is 9.47 Å². The third kappa shape index (κ3) is 6.86. The van der Waals surface area contributed by atoms with Gasteiger partial charge in [-0.15, -0.1) is 11.8 Å². The third-order valence-electron chi connectivity index (χ3n) is 3.60. The first-order valence-corrected chi connectivity index (χ1v) is 9.70. The molecule has 2 aromatic carbocycles. The predicted molar refractivity (Wildman–Crippen MR) is 106 cm³/mol. The van der Waals surface area contributed by atoms with Crippen molar-refractivity contribution in [1.29, 1.82) is 0 Å². The molecule has 0 saturated heterocycles. The monoisotopic (exact) mass is 388 g/mol. The molecule has 0 aromatic heterocycles. The maximum Gasteiger partial charge on any atom is 0.269 e. The summed E-state index contributed by atoms with van der Waals surface area (Å²) < 4.78 is 10.6. The molecule has 0 bridgehead atoms. The molecule has 7 heteroatoms. The maximum absolute atomic E-state index is 12.2. The molecular weight excluding hydrogens is 364 g/mol. The molecule has 0 heterocycles. The lowest BCUT2D eigenvalue weighted by molar-refractivity contribution is -0.121. The Balaban J connectivity index is 1.73. The van der Waals surface area contributed by atoms with Crippen LogP contribution in [-0.4, -0.2) is 31.3 Å². The van der Waals surface area contributed by atoms with Gasteiger partial charge in [-0.1, -0.05) is 18.2 Å². The van der Waals surface area contributed by atoms with Crippen LogP contribution in [0.5, 0.6) is 11.5 Å². The first kappa shape index (κ1) is 20.6. The van der Waals surface area contributed by atoms with E-state index in [1.165, 1.54) is 12.0 Å². The molecule has 2 rings (SSSR count). The minimum atomic E-state index is -0.414. The highest BCUT2D eigenvalue weighted by Crippen LogP contribution is 2.27. The predicted octanol–water partition coefficient (Wildman–Crippen LogP) is 3.43. The van der Waals surface area contributed by atoms with E-state index in [1.54, 1.807) is 30.0 Å². The molecule has 2 amide bonds. The summed E-state index contributed by atoms with van der Waals surface area (Å²) in [6, 6.07) is 14.9. The molecule has 0 aliphatic carbocycles. The van der Waals surface area contributed by atoms with E-state index in [1.807, 2.05) is 37.3 Å². The molecule has 6 nitrogen and oxygen atoms in total. The average molecular weight is 388 g/mol. The largest absolute Gasteiger partial charge is 0.493 e. The molecule has 27 heavy (non-hydrogen) atoms. The summed E-state index contributed by atoms with van der Waals surface area (Å²) >= 11 is 1.70. The van der Waals surface area contributed by atoms with Crippen LogP contribution in [0.2, 0.25) is 0 Å². The SMILES string of the molecule is CCOc1ccc(C(=O)NNC(=O)CCCSc2ccccc2)cc1OC. The number of nitrogens with one attached hydrogen (secondary N) is 2. The van der Waals surface area contributed by atoms with Gasteiger partial charge in [0.1, 0.15) is 0 Å². The summed E-state index contributed by atoms with van der Waals surface area (Å²) in [4.78, 5) is 25.2. The van der Waals surface area contributed by atoms with Crippen LogP contribution in [0, 0.1) is 0 Å². The lowest BCUT2D eigenvalue weighted by Crippen LogP contribution is -2.41. The van der Waals surface area contributed by atoms with Crippen LogP contribution in [0.15, 0.2) is 53.4 Å². The van der Waals surface area contributed by atoms with Crippen molar-refractivity contribution in [2.24, 2.45) is 0 Å². The summed E-state index contributed by atoms with van der Waals surface area (Å²) in [5.41, 5.74) is 5.23. The van der Waals surface area contributed by atoms with E-state index in [0.29, 0.717) is 30.1 Å². The van der Waals surface area contributed by atoms with E-state index >= 15 is 0 Å². The Labute approximate surface area is 163 Å². The fourth-order valence-corrected chi connectivity index (χ4v) is 3.16. The van der Waals surface area contributed by atoms with Crippen molar-refractivity contribution in [1.82, 2.24) is 10.9 Å². The van der Waals surface area contributed by atoms with Gasteiger partial charge >= 0.3 is 0 Å². The first-order chi connectivity index (χ1) is 13.1. The highest BCUT2D eigenvalue weighted by atomic mass is 32.2. The van der Waals surface area contributed by atoms with Crippen molar-refractivity contribution in [3.05, 3.63) is 54.1 Å². The van der Waals surface area contributed by atoms with E-state index in [0.717, 1.165) is 12.2 Å². The van der Waals surface area contributed by atoms with Crippen LogP contribution < -0.4 is 20.3 Å². The fourth-order valence-electron chi connectivity index (χ4n) is 2.28. The normalized spacial score (nSPS) is 10.1. The first-order valence-electron chi connectivity index (χ1n) is 8.72. The molecule has 0 unspecified atom stereocenters. The zero-order chi connectivity index (χ0) is 19.5. The van der Waals surface area contributed by atoms with Crippen molar-refractivity contribution in [2.75, 3.05) is 19.5 Å². The lowest BCUT2D eigenvalue weighted by Gasteiger charge is -2.11. The molecule has 0 aliphatic rings. The van der Waals surface area contributed by atoms with Gasteiger partial charge < -0.3 is 9.47 Å². The van der Waals surface area contributed by atoms with Gasteiger partial charge in [0.05, 0.1) is 13.7 Å². The Bertz CT molecular complexity index is 753. The Hall–Kier alpha value is -2.67. The van der Waals surface area contributed by atoms with Gasteiger partial charge in [-0.2, -0.15) is 0 Å². The quantitative estimate of drug-likeness (QED) is 0.391. The van der Waals surface area contributed by atoms with E-state index in [2.05, 4.69) is 10.9 Å². The number of hydrazine groups is 1. The van der Waals surface area contributed by atoms with Gasteiger partial charge in [0.2, 0.25) is 5.91 Å². The fraction of sp³-hybridized carbons (Fsp3) is 0.300. The second kappa shape index (κ2) is 11.1. The van der Waals surface area contributed by atoms with Crippen molar-refractivity contribution < 1.29 is 19.1 Å². The molecular formula is C20H24N2O4S. The molecule has 0 saturated carbocycles. The van der Waals surface area contributed by atoms with Crippen molar-refractivity contribution >= 4 is 23.6 Å². The van der Waals surface area contributed by atoms with Gasteiger partial charge in [0.15, 0.2) is 11.5 Å². The number of carbonyl (C=O) groups is 2. The lowest BCUT2D eigenvalue weighted by atomic mass is 10.2. The maximum atomic E-state index is 12.2. The second-order valence-corrected chi connectivity index (χ2v) is 6.73. The number of hydrogen-bond acceptors (Lipinski definition) is 5. The molecule has 0 atom stereocenters. The number of thioether (sulfide) groups is 1. The standard InChI is InChI=1S/C20H24N2O4S/c1-3-26-17-12-11-15(14-18(17)25-2)20(24)22-21-19(23)10-7-13-27-16-8-5-4-6-9-16/h4-6,8-9,11-12,14H,3,7,10,13H2,1-2H3,(H,21,23)(H,22,24). The Morgan fingerprint density at radius 2 is 1.81 bits per heavy atom. The molecule has 0 radical (unpaired) electrons. The van der Waals surface area contributed by atoms with Gasteiger partial charge in [0.25, 0.3) is 5.91 Å². The smallest absolute Gasteiger partial charge is 0.269 e. The van der Waals surface area contributed by atoms with Crippen molar-refractivity contribution in [3.63, 3.8) is 0 Å². The van der Waals surface area contributed by atoms with Crippen LogP contribution in [0.25, 0.3) is 0 Å². The van der Waals surface area contributed by atoms with E-state index in [-0.39, 0.29) is 5.91 Å². The molecule has 2 N–H and O–H groups in total. The topological polar surface area (TPSA) is 76.7 Å². The summed E-state index contributed by atoms with van der Waals surface area (Å²) in [5, 5.41) is 0. The van der Waals surface area contributed by atoms with Gasteiger partial charge in [-0.05, 0) is 49.4 Å². The van der Waals surface area contributed by atoms with Gasteiger partial charge in [0, 0.05) is 16.9 Å². The highest BCUT2D eigenvalue weighted by molar-refractivity contribution is 7.99. The summed E-state index contributed by atoms with van der Waals surface area (Å²) in [7, 11) is 1.51. The van der Waals surface area contributed by atoms with Crippen LogP contribution in [-0.2, 0) is 4.79 Å². The number of carbonyl (C=O) groups excluding carboxylic acids is 2.